The van der Waals surface area contributed by atoms with Gasteiger partial charge in [0.1, 0.15) is 5.76 Å². The molecule has 1 aliphatic heterocycles. The summed E-state index contributed by atoms with van der Waals surface area (Å²) in [5.74, 6) is 2.94. The lowest BCUT2D eigenvalue weighted by molar-refractivity contribution is 0.111. The second-order valence-corrected chi connectivity index (χ2v) is 8.88. The van der Waals surface area contributed by atoms with Crippen LogP contribution in [0.5, 0.6) is 0 Å². The normalized spacial score (nSPS) is 15.5. The van der Waals surface area contributed by atoms with E-state index < -0.39 is 0 Å². The number of hydrogen-bond donors (Lipinski definition) is 0. The summed E-state index contributed by atoms with van der Waals surface area (Å²) in [6.45, 7) is 9.41. The summed E-state index contributed by atoms with van der Waals surface area (Å²) in [4.78, 5) is 15.2. The lowest BCUT2D eigenvalue weighted by Gasteiger charge is -2.33. The van der Waals surface area contributed by atoms with Crippen LogP contribution in [0.2, 0.25) is 0 Å². The number of oxazole rings is 1. The van der Waals surface area contributed by atoms with Crippen LogP contribution in [-0.2, 0) is 13.1 Å². The van der Waals surface area contributed by atoms with Gasteiger partial charge in [-0.25, -0.2) is 4.98 Å². The SMILES string of the molecule is Cc1ccc(-c2noc(CN3CCN(Cc4nc(-c5cccs5)oc4C)CC3)n2)cc1. The van der Waals surface area contributed by atoms with Crippen molar-refractivity contribution in [3.05, 3.63) is 64.7 Å². The molecule has 0 atom stereocenters. The molecule has 1 aromatic carbocycles. The van der Waals surface area contributed by atoms with Crippen LogP contribution in [0.1, 0.15) is 22.9 Å². The zero-order valence-corrected chi connectivity index (χ0v) is 18.6. The van der Waals surface area contributed by atoms with E-state index in [-0.39, 0.29) is 0 Å². The van der Waals surface area contributed by atoms with Gasteiger partial charge < -0.3 is 8.94 Å². The number of rotatable bonds is 6. The van der Waals surface area contributed by atoms with Gasteiger partial charge in [-0.2, -0.15) is 4.98 Å². The third-order valence-corrected chi connectivity index (χ3v) is 6.46. The van der Waals surface area contributed by atoms with Crippen molar-refractivity contribution in [2.24, 2.45) is 0 Å². The first kappa shape index (κ1) is 20.1. The zero-order chi connectivity index (χ0) is 21.2. The lowest BCUT2D eigenvalue weighted by atomic mass is 10.1. The molecule has 5 rings (SSSR count). The van der Waals surface area contributed by atoms with Crippen LogP contribution in [0.3, 0.4) is 0 Å². The van der Waals surface area contributed by atoms with Crippen molar-refractivity contribution < 1.29 is 8.94 Å². The van der Waals surface area contributed by atoms with E-state index in [1.807, 2.05) is 36.6 Å². The summed E-state index contributed by atoms with van der Waals surface area (Å²) in [6, 6.07) is 12.2. The Balaban J connectivity index is 1.15. The number of benzene rings is 1. The summed E-state index contributed by atoms with van der Waals surface area (Å²) >= 11 is 1.65. The Morgan fingerprint density at radius 1 is 0.935 bits per heavy atom. The molecule has 3 aromatic heterocycles. The van der Waals surface area contributed by atoms with Crippen molar-refractivity contribution in [1.29, 1.82) is 0 Å². The Bertz CT molecular complexity index is 1130. The van der Waals surface area contributed by atoms with Crippen LogP contribution in [0.15, 0.2) is 50.7 Å². The van der Waals surface area contributed by atoms with Gasteiger partial charge in [0.15, 0.2) is 0 Å². The summed E-state index contributed by atoms with van der Waals surface area (Å²) in [5.41, 5.74) is 3.22. The van der Waals surface area contributed by atoms with E-state index in [1.165, 1.54) is 5.56 Å². The van der Waals surface area contributed by atoms with Crippen molar-refractivity contribution in [1.82, 2.24) is 24.9 Å². The van der Waals surface area contributed by atoms with E-state index in [1.54, 1.807) is 11.3 Å². The van der Waals surface area contributed by atoms with E-state index in [4.69, 9.17) is 13.9 Å². The summed E-state index contributed by atoms with van der Waals surface area (Å²) in [7, 11) is 0. The molecule has 4 aromatic rings. The highest BCUT2D eigenvalue weighted by Crippen LogP contribution is 2.26. The maximum absolute atomic E-state index is 5.88. The molecule has 1 fully saturated rings. The average Bonchev–Trinajstić information content (AvgIpc) is 3.52. The van der Waals surface area contributed by atoms with Gasteiger partial charge >= 0.3 is 0 Å². The third kappa shape index (κ3) is 4.61. The number of hydrogen-bond acceptors (Lipinski definition) is 8. The van der Waals surface area contributed by atoms with Gasteiger partial charge in [-0.1, -0.05) is 41.1 Å². The molecule has 160 valence electrons. The molecule has 4 heterocycles. The predicted molar refractivity (Wildman–Crippen MR) is 120 cm³/mol. The Kier molecular flexibility index (Phi) is 5.67. The van der Waals surface area contributed by atoms with Gasteiger partial charge in [0.2, 0.25) is 17.6 Å². The minimum atomic E-state index is 0.650. The topological polar surface area (TPSA) is 71.4 Å². The minimum absolute atomic E-state index is 0.650. The van der Waals surface area contributed by atoms with Crippen LogP contribution < -0.4 is 0 Å². The molecule has 0 radical (unpaired) electrons. The van der Waals surface area contributed by atoms with E-state index in [2.05, 4.69) is 39.0 Å². The summed E-state index contributed by atoms with van der Waals surface area (Å²) in [5, 5.41) is 6.19. The third-order valence-electron chi connectivity index (χ3n) is 5.60. The molecule has 7 nitrogen and oxygen atoms in total. The minimum Gasteiger partial charge on any atom is -0.440 e. The van der Waals surface area contributed by atoms with Gasteiger partial charge in [0.05, 0.1) is 17.1 Å². The molecule has 0 bridgehead atoms. The smallest absolute Gasteiger partial charge is 0.241 e. The van der Waals surface area contributed by atoms with E-state index in [0.717, 1.165) is 60.5 Å². The van der Waals surface area contributed by atoms with Crippen LogP contribution >= 0.6 is 11.3 Å². The van der Waals surface area contributed by atoms with Crippen molar-refractivity contribution in [3.8, 4) is 22.2 Å². The van der Waals surface area contributed by atoms with E-state index >= 15 is 0 Å². The summed E-state index contributed by atoms with van der Waals surface area (Å²) < 4.78 is 11.4. The summed E-state index contributed by atoms with van der Waals surface area (Å²) in [6.07, 6.45) is 0. The maximum atomic E-state index is 5.88. The first-order valence-electron chi connectivity index (χ1n) is 10.5. The lowest BCUT2D eigenvalue weighted by Crippen LogP contribution is -2.45. The van der Waals surface area contributed by atoms with Gasteiger partial charge in [0, 0.05) is 38.3 Å². The second-order valence-electron chi connectivity index (χ2n) is 7.93. The van der Waals surface area contributed by atoms with E-state index in [0.29, 0.717) is 18.3 Å². The average molecular weight is 436 g/mol. The Hall–Kier alpha value is -2.81. The zero-order valence-electron chi connectivity index (χ0n) is 17.7. The number of nitrogens with zero attached hydrogens (tertiary/aromatic N) is 5. The number of thiophene rings is 1. The van der Waals surface area contributed by atoms with Gasteiger partial charge in [-0.3, -0.25) is 9.80 Å². The molecule has 31 heavy (non-hydrogen) atoms. The standard InChI is InChI=1S/C23H25N5O2S/c1-16-5-7-18(8-6-16)22-25-21(30-26-22)15-28-11-9-27(10-12-28)14-19-17(2)29-23(24-19)20-4-3-13-31-20/h3-8,13H,9-12,14-15H2,1-2H3. The molecular formula is C23H25N5O2S. The fourth-order valence-corrected chi connectivity index (χ4v) is 4.38. The molecule has 0 amide bonds. The maximum Gasteiger partial charge on any atom is 0.241 e. The number of aromatic nitrogens is 3. The number of piperazine rings is 1. The molecule has 0 saturated carbocycles. The highest BCUT2D eigenvalue weighted by Gasteiger charge is 2.22. The molecule has 0 aliphatic carbocycles. The molecular weight excluding hydrogens is 410 g/mol. The van der Waals surface area contributed by atoms with Crippen molar-refractivity contribution >= 4 is 11.3 Å². The Morgan fingerprint density at radius 2 is 1.68 bits per heavy atom. The van der Waals surface area contributed by atoms with Gasteiger partial charge in [-0.15, -0.1) is 11.3 Å². The van der Waals surface area contributed by atoms with Crippen LogP contribution in [0.25, 0.3) is 22.2 Å². The molecule has 8 heteroatoms. The first-order chi connectivity index (χ1) is 15.1. The second kappa shape index (κ2) is 8.74. The highest BCUT2D eigenvalue weighted by atomic mass is 32.1. The Labute approximate surface area is 185 Å². The molecule has 1 saturated heterocycles. The fourth-order valence-electron chi connectivity index (χ4n) is 3.73. The van der Waals surface area contributed by atoms with Crippen LogP contribution in [0, 0.1) is 13.8 Å². The van der Waals surface area contributed by atoms with Crippen LogP contribution in [0.4, 0.5) is 0 Å². The van der Waals surface area contributed by atoms with Gasteiger partial charge in [-0.05, 0) is 25.3 Å². The Morgan fingerprint density at radius 3 is 2.39 bits per heavy atom. The number of aryl methyl sites for hydroxylation is 2. The predicted octanol–water partition coefficient (Wildman–Crippen LogP) is 4.39. The first-order valence-corrected chi connectivity index (χ1v) is 11.4. The highest BCUT2D eigenvalue weighted by molar-refractivity contribution is 7.13. The van der Waals surface area contributed by atoms with Crippen molar-refractivity contribution in [2.75, 3.05) is 26.2 Å². The molecule has 0 N–H and O–H groups in total. The monoisotopic (exact) mass is 435 g/mol. The largest absolute Gasteiger partial charge is 0.440 e. The van der Waals surface area contributed by atoms with Crippen molar-refractivity contribution in [2.45, 2.75) is 26.9 Å². The molecule has 0 unspecified atom stereocenters. The van der Waals surface area contributed by atoms with Crippen LogP contribution in [-0.4, -0.2) is 51.1 Å². The van der Waals surface area contributed by atoms with Crippen molar-refractivity contribution in [3.63, 3.8) is 0 Å². The van der Waals surface area contributed by atoms with E-state index in [9.17, 15) is 0 Å². The molecule has 0 spiro atoms. The molecule has 1 aliphatic rings. The fraction of sp³-hybridized carbons (Fsp3) is 0.348. The van der Waals surface area contributed by atoms with Gasteiger partial charge in [0.25, 0.3) is 0 Å². The quantitative estimate of drug-likeness (QED) is 0.445.